The lowest BCUT2D eigenvalue weighted by Gasteiger charge is -2.27. The molecule has 1 fully saturated rings. The molecule has 29 heavy (non-hydrogen) atoms. The molecule has 2 heterocycles. The van der Waals surface area contributed by atoms with Crippen molar-refractivity contribution in [1.29, 1.82) is 0 Å². The summed E-state index contributed by atoms with van der Waals surface area (Å²) in [4.78, 5) is 24.6. The van der Waals surface area contributed by atoms with Gasteiger partial charge >= 0.3 is 0 Å². The number of methoxy groups -OCH3 is 2. The third-order valence-corrected chi connectivity index (χ3v) is 6.77. The smallest absolute Gasteiger partial charge is 0.267 e. The SMILES string of the molecule is COc1ccc(CCNC(=O)C2=NN([C@@H]3CCS(=O)(=O)C3)C(=O)CC2)cc1OC. The number of nitrogens with one attached hydrogen (secondary N) is 1. The van der Waals surface area contributed by atoms with Crippen molar-refractivity contribution in [2.45, 2.75) is 31.7 Å². The Hall–Kier alpha value is -2.62. The van der Waals surface area contributed by atoms with E-state index < -0.39 is 15.9 Å². The number of hydrogen-bond acceptors (Lipinski definition) is 7. The van der Waals surface area contributed by atoms with Crippen LogP contribution in [0.2, 0.25) is 0 Å². The Balaban J connectivity index is 1.59. The summed E-state index contributed by atoms with van der Waals surface area (Å²) in [6, 6.07) is 5.07. The van der Waals surface area contributed by atoms with Gasteiger partial charge in [0.15, 0.2) is 21.3 Å². The second-order valence-electron chi connectivity index (χ2n) is 7.04. The van der Waals surface area contributed by atoms with Crippen molar-refractivity contribution in [2.24, 2.45) is 5.10 Å². The molecule has 1 aromatic rings. The third-order valence-electron chi connectivity index (χ3n) is 5.02. The lowest BCUT2D eigenvalue weighted by atomic mass is 10.1. The van der Waals surface area contributed by atoms with Crippen LogP contribution in [-0.4, -0.2) is 69.3 Å². The number of hydrazone groups is 1. The fraction of sp³-hybridized carbons (Fsp3) is 0.526. The Kier molecular flexibility index (Phi) is 6.41. The van der Waals surface area contributed by atoms with Gasteiger partial charge in [-0.1, -0.05) is 6.07 Å². The molecule has 158 valence electrons. The second-order valence-corrected chi connectivity index (χ2v) is 9.27. The summed E-state index contributed by atoms with van der Waals surface area (Å²) in [5, 5.41) is 8.18. The number of sulfone groups is 1. The number of amides is 2. The van der Waals surface area contributed by atoms with Crippen LogP contribution >= 0.6 is 0 Å². The molecule has 3 rings (SSSR count). The first-order valence-corrected chi connectivity index (χ1v) is 11.2. The fourth-order valence-electron chi connectivity index (χ4n) is 3.45. The van der Waals surface area contributed by atoms with E-state index in [9.17, 15) is 18.0 Å². The third kappa shape index (κ3) is 5.06. The standard InChI is InChI=1S/C19H25N3O6S/c1-27-16-5-3-13(11-17(16)28-2)7-9-20-19(24)15-4-6-18(23)22(21-15)14-8-10-29(25,26)12-14/h3,5,11,14H,4,6-10,12H2,1-2H3,(H,20,24)/t14-/m1/s1. The molecule has 2 aliphatic heterocycles. The first kappa shape index (κ1) is 21.1. The predicted molar refractivity (Wildman–Crippen MR) is 107 cm³/mol. The van der Waals surface area contributed by atoms with E-state index in [1.54, 1.807) is 20.3 Å². The minimum Gasteiger partial charge on any atom is -0.493 e. The predicted octanol–water partition coefficient (Wildman–Crippen LogP) is 0.528. The van der Waals surface area contributed by atoms with Crippen molar-refractivity contribution in [2.75, 3.05) is 32.3 Å². The molecule has 2 amide bonds. The van der Waals surface area contributed by atoms with Gasteiger partial charge in [0.05, 0.1) is 31.8 Å². The molecule has 1 aromatic carbocycles. The number of carbonyl (C=O) groups excluding carboxylic acids is 2. The quantitative estimate of drug-likeness (QED) is 0.684. The summed E-state index contributed by atoms with van der Waals surface area (Å²) in [6.07, 6.45) is 1.34. The van der Waals surface area contributed by atoms with E-state index in [-0.39, 0.29) is 41.9 Å². The zero-order valence-electron chi connectivity index (χ0n) is 16.5. The first-order chi connectivity index (χ1) is 13.8. The second kappa shape index (κ2) is 8.81. The van der Waals surface area contributed by atoms with Gasteiger partial charge in [-0.3, -0.25) is 9.59 Å². The maximum absolute atomic E-state index is 12.5. The summed E-state index contributed by atoms with van der Waals surface area (Å²) in [5.74, 6) is 0.613. The number of carbonyl (C=O) groups is 2. The van der Waals surface area contributed by atoms with Gasteiger partial charge in [0, 0.05) is 19.4 Å². The van der Waals surface area contributed by atoms with E-state index in [0.717, 1.165) is 5.56 Å². The average Bonchev–Trinajstić information content (AvgIpc) is 3.07. The van der Waals surface area contributed by atoms with Crippen molar-refractivity contribution in [3.8, 4) is 11.5 Å². The molecule has 0 unspecified atom stereocenters. The van der Waals surface area contributed by atoms with Crippen LogP contribution < -0.4 is 14.8 Å². The van der Waals surface area contributed by atoms with Gasteiger partial charge in [-0.25, -0.2) is 13.4 Å². The Morgan fingerprint density at radius 1 is 1.24 bits per heavy atom. The van der Waals surface area contributed by atoms with Crippen molar-refractivity contribution in [1.82, 2.24) is 10.3 Å². The highest BCUT2D eigenvalue weighted by Crippen LogP contribution is 2.27. The highest BCUT2D eigenvalue weighted by Gasteiger charge is 2.37. The molecule has 9 nitrogen and oxygen atoms in total. The van der Waals surface area contributed by atoms with Crippen LogP contribution in [0.1, 0.15) is 24.8 Å². The average molecular weight is 423 g/mol. The van der Waals surface area contributed by atoms with Gasteiger partial charge in [-0.2, -0.15) is 5.10 Å². The number of ether oxygens (including phenoxy) is 2. The number of hydrogen-bond donors (Lipinski definition) is 1. The van der Waals surface area contributed by atoms with Crippen LogP contribution in [0.5, 0.6) is 11.5 Å². The molecule has 10 heteroatoms. The van der Waals surface area contributed by atoms with E-state index >= 15 is 0 Å². The van der Waals surface area contributed by atoms with Gasteiger partial charge in [0.1, 0.15) is 5.71 Å². The molecule has 2 aliphatic rings. The summed E-state index contributed by atoms with van der Waals surface area (Å²) in [5.41, 5.74) is 1.22. The molecule has 0 radical (unpaired) electrons. The van der Waals surface area contributed by atoms with Crippen molar-refractivity contribution < 1.29 is 27.5 Å². The van der Waals surface area contributed by atoms with Gasteiger partial charge < -0.3 is 14.8 Å². The maximum Gasteiger partial charge on any atom is 0.267 e. The zero-order valence-corrected chi connectivity index (χ0v) is 17.3. The molecular formula is C19H25N3O6S. The zero-order chi connectivity index (χ0) is 21.0. The molecular weight excluding hydrogens is 398 g/mol. The van der Waals surface area contributed by atoms with E-state index in [2.05, 4.69) is 10.4 Å². The highest BCUT2D eigenvalue weighted by atomic mass is 32.2. The molecule has 1 N–H and O–H groups in total. The van der Waals surface area contributed by atoms with Crippen LogP contribution in [0.4, 0.5) is 0 Å². The van der Waals surface area contributed by atoms with Crippen molar-refractivity contribution in [3.63, 3.8) is 0 Å². The van der Waals surface area contributed by atoms with Crippen molar-refractivity contribution in [3.05, 3.63) is 23.8 Å². The summed E-state index contributed by atoms with van der Waals surface area (Å²) in [7, 11) is -0.0146. The molecule has 1 atom stereocenters. The van der Waals surface area contributed by atoms with Crippen molar-refractivity contribution >= 4 is 27.4 Å². The Labute approximate surface area is 170 Å². The molecule has 0 aromatic heterocycles. The van der Waals surface area contributed by atoms with Gasteiger partial charge in [0.2, 0.25) is 5.91 Å². The molecule has 0 bridgehead atoms. The topological polar surface area (TPSA) is 114 Å². The highest BCUT2D eigenvalue weighted by molar-refractivity contribution is 7.91. The Morgan fingerprint density at radius 3 is 2.66 bits per heavy atom. The summed E-state index contributed by atoms with van der Waals surface area (Å²) >= 11 is 0. The normalized spacial score (nSPS) is 20.9. The number of rotatable bonds is 7. The van der Waals surface area contributed by atoms with Crippen LogP contribution in [0.25, 0.3) is 0 Å². The fourth-order valence-corrected chi connectivity index (χ4v) is 5.14. The van der Waals surface area contributed by atoms with Gasteiger partial charge in [-0.15, -0.1) is 0 Å². The lowest BCUT2D eigenvalue weighted by Crippen LogP contribution is -2.44. The first-order valence-electron chi connectivity index (χ1n) is 9.42. The Morgan fingerprint density at radius 2 is 2.00 bits per heavy atom. The van der Waals surface area contributed by atoms with Crippen LogP contribution in [-0.2, 0) is 25.8 Å². The van der Waals surface area contributed by atoms with E-state index in [1.807, 2.05) is 12.1 Å². The number of nitrogens with zero attached hydrogens (tertiary/aromatic N) is 2. The van der Waals surface area contributed by atoms with Crippen LogP contribution in [0, 0.1) is 0 Å². The van der Waals surface area contributed by atoms with Gasteiger partial charge in [-0.05, 0) is 30.5 Å². The largest absolute Gasteiger partial charge is 0.493 e. The lowest BCUT2D eigenvalue weighted by molar-refractivity contribution is -0.133. The Bertz CT molecular complexity index is 928. The maximum atomic E-state index is 12.5. The molecule has 0 aliphatic carbocycles. The number of benzene rings is 1. The van der Waals surface area contributed by atoms with E-state index in [1.165, 1.54) is 5.01 Å². The summed E-state index contributed by atoms with van der Waals surface area (Å²) in [6.45, 7) is 0.388. The summed E-state index contributed by atoms with van der Waals surface area (Å²) < 4.78 is 33.9. The van der Waals surface area contributed by atoms with E-state index in [4.69, 9.17) is 9.47 Å². The monoisotopic (exact) mass is 423 g/mol. The van der Waals surface area contributed by atoms with Gasteiger partial charge in [0.25, 0.3) is 5.91 Å². The minimum absolute atomic E-state index is 0.0455. The minimum atomic E-state index is -3.14. The van der Waals surface area contributed by atoms with Crippen LogP contribution in [0.3, 0.4) is 0 Å². The van der Waals surface area contributed by atoms with Crippen LogP contribution in [0.15, 0.2) is 23.3 Å². The molecule has 1 saturated heterocycles. The van der Waals surface area contributed by atoms with E-state index in [0.29, 0.717) is 30.9 Å². The molecule has 0 saturated carbocycles. The molecule has 0 spiro atoms.